The molecule has 13 heteroatoms. The number of nitrogens with two attached hydrogens (primary N) is 2. The fraction of sp³-hybridized carbons (Fsp3) is 0.619. The Labute approximate surface area is 199 Å². The Morgan fingerprint density at radius 1 is 1.03 bits per heavy atom. The van der Waals surface area contributed by atoms with Gasteiger partial charge in [-0.3, -0.25) is 24.1 Å². The van der Waals surface area contributed by atoms with Crippen molar-refractivity contribution in [1.82, 2.24) is 15.5 Å². The molecule has 6 N–H and O–H groups in total. The van der Waals surface area contributed by atoms with E-state index in [1.807, 2.05) is 0 Å². The molecule has 194 valence electrons. The molecular weight excluding hydrogens is 450 g/mol. The summed E-state index contributed by atoms with van der Waals surface area (Å²) in [6.07, 6.45) is 6.19. The van der Waals surface area contributed by atoms with E-state index in [-0.39, 0.29) is 65.2 Å². The highest BCUT2D eigenvalue weighted by Crippen LogP contribution is 2.03. The Bertz CT molecular complexity index is 654. The number of carbonyl (C=O) groups excluding carboxylic acids is 6. The first-order chi connectivity index (χ1) is 15.8. The van der Waals surface area contributed by atoms with Gasteiger partial charge in [0.2, 0.25) is 11.8 Å². The molecule has 0 saturated carbocycles. The SMILES string of the molecule is C.NC(C=O)CCCCNC(=O)COCCOCCNC(=O)CCN1C(=O)C=CC1=O.N[C-]=O. The molecule has 0 aromatic heterocycles. The standard InChI is InChI=1S/C19H30N4O7.CH2NO.CH4/c20-15(13-24)3-1-2-7-21-17(26)14-30-12-11-29-10-8-22-16(25)6-9-23-18(27)4-5-19(23)28;2-1-3;/h4-5,13,15H,1-3,6-12,14,20H2,(H,21,26)(H,22,25);(H2,2,3);1H4/q;-1;. The van der Waals surface area contributed by atoms with Crippen molar-refractivity contribution in [2.24, 2.45) is 11.5 Å². The normalized spacial score (nSPS) is 12.8. The first kappa shape index (κ1) is 33.0. The largest absolute Gasteiger partial charge is 0.543 e. The maximum atomic E-state index is 11.7. The second kappa shape index (κ2) is 21.7. The molecule has 34 heavy (non-hydrogen) atoms. The van der Waals surface area contributed by atoms with Gasteiger partial charge in [-0.2, -0.15) is 6.41 Å². The molecule has 0 saturated heterocycles. The van der Waals surface area contributed by atoms with Crippen molar-refractivity contribution < 1.29 is 38.2 Å². The van der Waals surface area contributed by atoms with E-state index in [2.05, 4.69) is 16.4 Å². The first-order valence-electron chi connectivity index (χ1n) is 10.4. The minimum Gasteiger partial charge on any atom is -0.543 e. The van der Waals surface area contributed by atoms with Crippen molar-refractivity contribution in [2.45, 2.75) is 39.2 Å². The smallest absolute Gasteiger partial charge is 0.253 e. The minimum absolute atomic E-state index is 0. The summed E-state index contributed by atoms with van der Waals surface area (Å²) >= 11 is 0. The summed E-state index contributed by atoms with van der Waals surface area (Å²) < 4.78 is 10.5. The van der Waals surface area contributed by atoms with Crippen LogP contribution in [-0.2, 0) is 38.2 Å². The van der Waals surface area contributed by atoms with Crippen molar-refractivity contribution in [3.8, 4) is 0 Å². The second-order valence-corrected chi connectivity index (χ2v) is 6.69. The van der Waals surface area contributed by atoms with Crippen molar-refractivity contribution >= 4 is 36.3 Å². The van der Waals surface area contributed by atoms with Crippen LogP contribution in [0.1, 0.15) is 33.1 Å². The number of rotatable bonds is 17. The van der Waals surface area contributed by atoms with Crippen molar-refractivity contribution in [3.05, 3.63) is 12.2 Å². The van der Waals surface area contributed by atoms with E-state index in [4.69, 9.17) is 20.0 Å². The Morgan fingerprint density at radius 3 is 2.24 bits per heavy atom. The van der Waals surface area contributed by atoms with E-state index in [1.54, 1.807) is 0 Å². The number of hydrogen-bond acceptors (Lipinski definition) is 9. The second-order valence-electron chi connectivity index (χ2n) is 6.69. The van der Waals surface area contributed by atoms with Crippen molar-refractivity contribution in [2.75, 3.05) is 46.1 Å². The molecule has 0 aromatic rings. The van der Waals surface area contributed by atoms with Crippen LogP contribution in [0.25, 0.3) is 0 Å². The third-order valence-electron chi connectivity index (χ3n) is 4.10. The molecule has 1 unspecified atom stereocenters. The Balaban J connectivity index is 0. The van der Waals surface area contributed by atoms with E-state index >= 15 is 0 Å². The van der Waals surface area contributed by atoms with E-state index in [0.717, 1.165) is 24.2 Å². The first-order valence-corrected chi connectivity index (χ1v) is 10.4. The summed E-state index contributed by atoms with van der Waals surface area (Å²) in [4.78, 5) is 65.8. The Morgan fingerprint density at radius 2 is 1.62 bits per heavy atom. The molecule has 13 nitrogen and oxygen atoms in total. The Kier molecular flexibility index (Phi) is 21.0. The van der Waals surface area contributed by atoms with Crippen molar-refractivity contribution in [3.63, 3.8) is 0 Å². The predicted molar refractivity (Wildman–Crippen MR) is 123 cm³/mol. The summed E-state index contributed by atoms with van der Waals surface area (Å²) in [6, 6.07) is -0.443. The summed E-state index contributed by atoms with van der Waals surface area (Å²) in [5, 5.41) is 5.33. The van der Waals surface area contributed by atoms with Gasteiger partial charge in [-0.1, -0.05) is 7.43 Å². The maximum absolute atomic E-state index is 11.7. The van der Waals surface area contributed by atoms with Gasteiger partial charge >= 0.3 is 0 Å². The highest BCUT2D eigenvalue weighted by atomic mass is 16.5. The lowest BCUT2D eigenvalue weighted by atomic mass is 10.1. The Hall–Kier alpha value is -3.16. The zero-order valence-corrected chi connectivity index (χ0v) is 18.5. The maximum Gasteiger partial charge on any atom is 0.253 e. The number of imide groups is 1. The van der Waals surface area contributed by atoms with Crippen LogP contribution in [0.15, 0.2) is 12.2 Å². The van der Waals surface area contributed by atoms with Crippen LogP contribution in [0.5, 0.6) is 0 Å². The highest BCUT2D eigenvalue weighted by molar-refractivity contribution is 6.13. The van der Waals surface area contributed by atoms with Crippen LogP contribution in [-0.4, -0.2) is 93.3 Å². The minimum atomic E-state index is -0.443. The molecule has 1 aliphatic rings. The van der Waals surface area contributed by atoms with Crippen molar-refractivity contribution in [1.29, 1.82) is 0 Å². The van der Waals surface area contributed by atoms with Gasteiger partial charge < -0.3 is 41.2 Å². The number of nitrogens with zero attached hydrogens (tertiary/aromatic N) is 1. The van der Waals surface area contributed by atoms with Gasteiger partial charge in [0.15, 0.2) is 0 Å². The molecule has 0 fully saturated rings. The molecule has 5 amide bonds. The molecule has 0 spiro atoms. The number of nitrogens with one attached hydrogen (secondary N) is 2. The lowest BCUT2D eigenvalue weighted by Gasteiger charge is -2.13. The van der Waals surface area contributed by atoms with Gasteiger partial charge in [-0.15, -0.1) is 0 Å². The van der Waals surface area contributed by atoms with Crippen LogP contribution in [0.2, 0.25) is 0 Å². The monoisotopic (exact) mass is 486 g/mol. The van der Waals surface area contributed by atoms with Gasteiger partial charge in [0.1, 0.15) is 12.9 Å². The predicted octanol–water partition coefficient (Wildman–Crippen LogP) is -2.09. The zero-order valence-electron chi connectivity index (χ0n) is 18.5. The fourth-order valence-corrected chi connectivity index (χ4v) is 2.45. The zero-order chi connectivity index (χ0) is 24.9. The number of aldehydes is 1. The molecule has 1 heterocycles. The molecule has 0 aromatic carbocycles. The van der Waals surface area contributed by atoms with Crippen LogP contribution < -0.4 is 22.1 Å². The topological polar surface area (TPSA) is 200 Å². The number of primary amides is 1. The van der Waals surface area contributed by atoms with Crippen LogP contribution in [0, 0.1) is 0 Å². The van der Waals surface area contributed by atoms with E-state index < -0.39 is 17.9 Å². The summed E-state index contributed by atoms with van der Waals surface area (Å²) in [5.74, 6) is -1.34. The van der Waals surface area contributed by atoms with Gasteiger partial charge in [0.25, 0.3) is 11.8 Å². The summed E-state index contributed by atoms with van der Waals surface area (Å²) in [5.41, 5.74) is 9.51. The number of amides is 5. The summed E-state index contributed by atoms with van der Waals surface area (Å²) in [6.45, 7) is 1.54. The van der Waals surface area contributed by atoms with Gasteiger partial charge in [-0.25, -0.2) is 0 Å². The molecule has 0 aliphatic carbocycles. The lowest BCUT2D eigenvalue weighted by molar-refractivity contribution is -0.137. The summed E-state index contributed by atoms with van der Waals surface area (Å²) in [7, 11) is 0. The third kappa shape index (κ3) is 17.4. The number of hydrogen-bond donors (Lipinski definition) is 4. The third-order valence-corrected chi connectivity index (χ3v) is 4.10. The van der Waals surface area contributed by atoms with Crippen LogP contribution in [0.3, 0.4) is 0 Å². The molecule has 1 rings (SSSR count). The van der Waals surface area contributed by atoms with Crippen LogP contribution >= 0.6 is 0 Å². The fourth-order valence-electron chi connectivity index (χ4n) is 2.45. The lowest BCUT2D eigenvalue weighted by Crippen LogP contribution is -2.35. The average molecular weight is 487 g/mol. The molecule has 1 atom stereocenters. The molecule has 0 bridgehead atoms. The van der Waals surface area contributed by atoms with E-state index in [9.17, 15) is 24.0 Å². The molecular formula is C21H36N5O8-. The highest BCUT2D eigenvalue weighted by Gasteiger charge is 2.23. The number of ether oxygens (including phenoxy) is 2. The van der Waals surface area contributed by atoms with Gasteiger partial charge in [0.05, 0.1) is 25.9 Å². The van der Waals surface area contributed by atoms with E-state index in [1.165, 1.54) is 12.2 Å². The molecule has 0 radical (unpaired) electrons. The number of carbonyl (C=O) groups is 5. The number of unbranched alkanes of at least 4 members (excludes halogenated alkanes) is 1. The molecule has 1 aliphatic heterocycles. The van der Waals surface area contributed by atoms with E-state index in [0.29, 0.717) is 19.3 Å². The average Bonchev–Trinajstić information content (AvgIpc) is 3.11. The van der Waals surface area contributed by atoms with Gasteiger partial charge in [-0.05, 0) is 19.3 Å². The quantitative estimate of drug-likeness (QED) is 0.0585. The van der Waals surface area contributed by atoms with Gasteiger partial charge in [0, 0.05) is 38.2 Å². The van der Waals surface area contributed by atoms with Crippen LogP contribution in [0.4, 0.5) is 0 Å².